The first-order chi connectivity index (χ1) is 17.2. The predicted molar refractivity (Wildman–Crippen MR) is 141 cm³/mol. The molecule has 11 nitrogen and oxygen atoms in total. The summed E-state index contributed by atoms with van der Waals surface area (Å²) in [5.41, 5.74) is 8.37. The van der Waals surface area contributed by atoms with E-state index in [1.807, 2.05) is 0 Å². The number of nitro groups is 1. The van der Waals surface area contributed by atoms with Crippen LogP contribution in [0, 0.1) is 10.1 Å². The van der Waals surface area contributed by atoms with Crippen LogP contribution in [0.4, 0.5) is 23.3 Å². The van der Waals surface area contributed by atoms with E-state index in [0.29, 0.717) is 57.5 Å². The summed E-state index contributed by atoms with van der Waals surface area (Å²) in [5.74, 6) is 1.57. The van der Waals surface area contributed by atoms with Gasteiger partial charge in [0, 0.05) is 47.8 Å². The first kappa shape index (κ1) is 25.1. The van der Waals surface area contributed by atoms with E-state index in [0.717, 1.165) is 5.69 Å². The molecule has 4 rings (SSSR count). The Morgan fingerprint density at radius 3 is 2.50 bits per heavy atom. The normalized spacial score (nSPS) is 11.0. The molecule has 0 spiro atoms. The van der Waals surface area contributed by atoms with E-state index in [1.165, 1.54) is 12.1 Å². The van der Waals surface area contributed by atoms with E-state index in [-0.39, 0.29) is 17.4 Å². The SMILES string of the molecule is CC(C)c1cnc(-c2cnc(NCCNc3ccc([N+](=O)[O-])c(N)n3)nc2-c2ccc(Cl)cc2Cl)[nH]1. The number of nitrogen functional groups attached to an aromatic ring is 1. The minimum absolute atomic E-state index is 0.153. The molecule has 4 aromatic rings. The Kier molecular flexibility index (Phi) is 7.51. The molecule has 0 fully saturated rings. The average molecular weight is 528 g/mol. The number of benzene rings is 1. The van der Waals surface area contributed by atoms with Crippen molar-refractivity contribution in [1.29, 1.82) is 0 Å². The zero-order valence-electron chi connectivity index (χ0n) is 19.4. The van der Waals surface area contributed by atoms with Crippen LogP contribution in [0.15, 0.2) is 42.7 Å². The molecule has 5 N–H and O–H groups in total. The van der Waals surface area contributed by atoms with Gasteiger partial charge in [-0.2, -0.15) is 0 Å². The highest BCUT2D eigenvalue weighted by Gasteiger charge is 2.18. The molecule has 0 saturated carbocycles. The second kappa shape index (κ2) is 10.8. The smallest absolute Gasteiger partial charge is 0.311 e. The molecule has 0 aliphatic heterocycles. The van der Waals surface area contributed by atoms with Crippen LogP contribution < -0.4 is 16.4 Å². The first-order valence-electron chi connectivity index (χ1n) is 11.0. The van der Waals surface area contributed by atoms with Crippen molar-refractivity contribution in [2.75, 3.05) is 29.5 Å². The summed E-state index contributed by atoms with van der Waals surface area (Å²) in [6.45, 7) is 5.02. The lowest BCUT2D eigenvalue weighted by molar-refractivity contribution is -0.384. The van der Waals surface area contributed by atoms with Crippen molar-refractivity contribution in [3.05, 3.63) is 68.6 Å². The van der Waals surface area contributed by atoms with Crippen LogP contribution in [0.25, 0.3) is 22.6 Å². The highest BCUT2D eigenvalue weighted by atomic mass is 35.5. The van der Waals surface area contributed by atoms with Crippen LogP contribution >= 0.6 is 23.2 Å². The van der Waals surface area contributed by atoms with E-state index < -0.39 is 4.92 Å². The molecule has 0 aliphatic rings. The standard InChI is InChI=1S/C23H23Cl2N9O2/c1-12(2)17-11-29-22(31-17)15-10-30-23(33-20(15)14-4-3-13(24)9-16(14)25)28-8-7-27-19-6-5-18(34(35)36)21(26)32-19/h3-6,9-12H,7-8H2,1-2H3,(H,29,31)(H3,26,27,32)(H,28,30,33). The zero-order valence-corrected chi connectivity index (χ0v) is 20.9. The maximum atomic E-state index is 10.9. The molecule has 3 aromatic heterocycles. The minimum Gasteiger partial charge on any atom is -0.378 e. The third kappa shape index (κ3) is 5.64. The largest absolute Gasteiger partial charge is 0.378 e. The lowest BCUT2D eigenvalue weighted by Crippen LogP contribution is -2.16. The van der Waals surface area contributed by atoms with Gasteiger partial charge in [-0.15, -0.1) is 0 Å². The van der Waals surface area contributed by atoms with Crippen LogP contribution in [-0.4, -0.2) is 42.9 Å². The minimum atomic E-state index is -0.578. The van der Waals surface area contributed by atoms with E-state index in [4.69, 9.17) is 33.9 Å². The Bertz CT molecular complexity index is 1410. The summed E-state index contributed by atoms with van der Waals surface area (Å²) in [7, 11) is 0. The number of rotatable bonds is 9. The van der Waals surface area contributed by atoms with Gasteiger partial charge in [-0.3, -0.25) is 10.1 Å². The molecule has 1 aromatic carbocycles. The predicted octanol–water partition coefficient (Wildman–Crippen LogP) is 5.37. The van der Waals surface area contributed by atoms with Crippen molar-refractivity contribution in [1.82, 2.24) is 24.9 Å². The third-order valence-corrected chi connectivity index (χ3v) is 5.81. The van der Waals surface area contributed by atoms with Crippen molar-refractivity contribution in [3.63, 3.8) is 0 Å². The van der Waals surface area contributed by atoms with Gasteiger partial charge < -0.3 is 21.4 Å². The molecule has 13 heteroatoms. The van der Waals surface area contributed by atoms with E-state index in [2.05, 4.69) is 44.4 Å². The van der Waals surface area contributed by atoms with Gasteiger partial charge in [-0.1, -0.05) is 37.0 Å². The van der Waals surface area contributed by atoms with Gasteiger partial charge in [0.25, 0.3) is 0 Å². The highest BCUT2D eigenvalue weighted by Crippen LogP contribution is 2.35. The van der Waals surface area contributed by atoms with Crippen molar-refractivity contribution >= 4 is 46.5 Å². The summed E-state index contributed by atoms with van der Waals surface area (Å²) in [6, 6.07) is 8.01. The van der Waals surface area contributed by atoms with Gasteiger partial charge in [0.1, 0.15) is 11.6 Å². The van der Waals surface area contributed by atoms with E-state index >= 15 is 0 Å². The molecule has 0 radical (unpaired) electrons. The molecule has 0 aliphatic carbocycles. The van der Waals surface area contributed by atoms with Crippen LogP contribution in [0.5, 0.6) is 0 Å². The molecule has 0 atom stereocenters. The second-order valence-corrected chi connectivity index (χ2v) is 8.98. The summed E-state index contributed by atoms with van der Waals surface area (Å²) in [4.78, 5) is 31.3. The number of nitrogens with zero attached hydrogens (tertiary/aromatic N) is 5. The molecule has 0 amide bonds. The first-order valence-corrected chi connectivity index (χ1v) is 11.7. The average Bonchev–Trinajstić information content (AvgIpc) is 3.32. The summed E-state index contributed by atoms with van der Waals surface area (Å²) >= 11 is 12.6. The zero-order chi connectivity index (χ0) is 25.8. The van der Waals surface area contributed by atoms with E-state index in [1.54, 1.807) is 30.6 Å². The summed E-state index contributed by atoms with van der Waals surface area (Å²) in [6.07, 6.45) is 3.48. The second-order valence-electron chi connectivity index (χ2n) is 8.13. The quantitative estimate of drug-likeness (QED) is 0.127. The molecule has 36 heavy (non-hydrogen) atoms. The monoisotopic (exact) mass is 527 g/mol. The molecule has 0 saturated heterocycles. The lowest BCUT2D eigenvalue weighted by Gasteiger charge is -2.12. The van der Waals surface area contributed by atoms with Gasteiger partial charge in [0.2, 0.25) is 11.8 Å². The lowest BCUT2D eigenvalue weighted by atomic mass is 10.1. The summed E-state index contributed by atoms with van der Waals surface area (Å²) < 4.78 is 0. The van der Waals surface area contributed by atoms with Crippen molar-refractivity contribution in [2.24, 2.45) is 0 Å². The number of anilines is 3. The number of hydrogen-bond donors (Lipinski definition) is 4. The molecular formula is C23H23Cl2N9O2. The van der Waals surface area contributed by atoms with Crippen molar-refractivity contribution in [2.45, 2.75) is 19.8 Å². The number of nitrogens with one attached hydrogen (secondary N) is 3. The number of aromatic nitrogens is 5. The van der Waals surface area contributed by atoms with Crippen molar-refractivity contribution in [3.8, 4) is 22.6 Å². The Hall–Kier alpha value is -3.96. The number of imidazole rings is 1. The molecular weight excluding hydrogens is 505 g/mol. The Balaban J connectivity index is 1.54. The Morgan fingerprint density at radius 1 is 1.06 bits per heavy atom. The molecule has 186 valence electrons. The number of halogens is 2. The molecule has 0 bridgehead atoms. The van der Waals surface area contributed by atoms with Gasteiger partial charge in [-0.05, 0) is 30.2 Å². The fourth-order valence-corrected chi connectivity index (χ4v) is 3.88. The molecule has 0 unspecified atom stereocenters. The van der Waals surface area contributed by atoms with Gasteiger partial charge >= 0.3 is 5.69 Å². The van der Waals surface area contributed by atoms with Gasteiger partial charge in [-0.25, -0.2) is 19.9 Å². The number of pyridine rings is 1. The maximum Gasteiger partial charge on any atom is 0.311 e. The van der Waals surface area contributed by atoms with Gasteiger partial charge in [0.15, 0.2) is 0 Å². The van der Waals surface area contributed by atoms with Gasteiger partial charge in [0.05, 0.1) is 21.2 Å². The third-order valence-electron chi connectivity index (χ3n) is 5.26. The Morgan fingerprint density at radius 2 is 1.83 bits per heavy atom. The van der Waals surface area contributed by atoms with Crippen LogP contribution in [-0.2, 0) is 0 Å². The van der Waals surface area contributed by atoms with Crippen LogP contribution in [0.3, 0.4) is 0 Å². The topological polar surface area (TPSA) is 161 Å². The number of hydrogen-bond acceptors (Lipinski definition) is 9. The van der Waals surface area contributed by atoms with Crippen LogP contribution in [0.2, 0.25) is 10.0 Å². The summed E-state index contributed by atoms with van der Waals surface area (Å²) in [5, 5.41) is 18.1. The molecule has 3 heterocycles. The van der Waals surface area contributed by atoms with E-state index in [9.17, 15) is 10.1 Å². The van der Waals surface area contributed by atoms with Crippen molar-refractivity contribution < 1.29 is 4.92 Å². The number of H-pyrrole nitrogens is 1. The maximum absolute atomic E-state index is 10.9. The highest BCUT2D eigenvalue weighted by molar-refractivity contribution is 6.36. The number of nitrogens with two attached hydrogens (primary N) is 1. The fourth-order valence-electron chi connectivity index (χ4n) is 3.38. The van der Waals surface area contributed by atoms with Crippen LogP contribution in [0.1, 0.15) is 25.5 Å². The number of aromatic amines is 1. The Labute approximate surface area is 216 Å². The fraction of sp³-hybridized carbons (Fsp3) is 0.217.